The monoisotopic (exact) mass is 261 g/mol. The molecule has 1 atom stereocenters. The molecule has 1 aromatic heterocycles. The predicted molar refractivity (Wildman–Crippen MR) is 69.3 cm³/mol. The lowest BCUT2D eigenvalue weighted by Crippen LogP contribution is -2.07. The van der Waals surface area contributed by atoms with Crippen molar-refractivity contribution in [2.45, 2.75) is 13.0 Å². The molecule has 0 saturated carbocycles. The van der Waals surface area contributed by atoms with Gasteiger partial charge in [0.25, 0.3) is 5.69 Å². The van der Waals surface area contributed by atoms with Crippen molar-refractivity contribution in [3.8, 4) is 0 Å². The molecule has 0 spiro atoms. The van der Waals surface area contributed by atoms with E-state index in [0.29, 0.717) is 5.56 Å². The Morgan fingerprint density at radius 1 is 1.32 bits per heavy atom. The van der Waals surface area contributed by atoms with Crippen LogP contribution in [0.15, 0.2) is 42.7 Å². The Bertz CT molecular complexity index is 587. The normalized spacial score (nSPS) is 11.9. The molecule has 5 nitrogen and oxygen atoms in total. The minimum absolute atomic E-state index is 0.0330. The number of nitro benzene ring substituents is 1. The molecule has 2 aromatic rings. The molecular weight excluding hydrogens is 249 g/mol. The maximum Gasteiger partial charge on any atom is 0.269 e. The molecule has 6 heteroatoms. The van der Waals surface area contributed by atoms with E-state index in [1.807, 2.05) is 6.92 Å². The third kappa shape index (κ3) is 3.25. The van der Waals surface area contributed by atoms with Crippen molar-refractivity contribution in [2.24, 2.45) is 0 Å². The summed E-state index contributed by atoms with van der Waals surface area (Å²) in [7, 11) is 0. The van der Waals surface area contributed by atoms with Gasteiger partial charge >= 0.3 is 0 Å². The summed E-state index contributed by atoms with van der Waals surface area (Å²) in [6.07, 6.45) is 2.72. The molecule has 0 fully saturated rings. The predicted octanol–water partition coefficient (Wildman–Crippen LogP) is 3.30. The van der Waals surface area contributed by atoms with Gasteiger partial charge in [-0.1, -0.05) is 0 Å². The summed E-state index contributed by atoms with van der Waals surface area (Å²) >= 11 is 0. The number of hydrogen-bond acceptors (Lipinski definition) is 4. The Labute approximate surface area is 109 Å². The van der Waals surface area contributed by atoms with Crippen molar-refractivity contribution in [3.63, 3.8) is 0 Å². The zero-order valence-electron chi connectivity index (χ0n) is 10.2. The molecule has 1 heterocycles. The van der Waals surface area contributed by atoms with Crippen LogP contribution in [0.2, 0.25) is 0 Å². The summed E-state index contributed by atoms with van der Waals surface area (Å²) in [5.41, 5.74) is 1.46. The van der Waals surface area contributed by atoms with Crippen LogP contribution in [-0.4, -0.2) is 9.91 Å². The largest absolute Gasteiger partial charge is 0.378 e. The number of pyridine rings is 1. The van der Waals surface area contributed by atoms with Gasteiger partial charge in [0.2, 0.25) is 0 Å². The van der Waals surface area contributed by atoms with E-state index in [0.717, 1.165) is 11.9 Å². The molecular formula is C13H12FN3O2. The third-order valence-corrected chi connectivity index (χ3v) is 2.69. The van der Waals surface area contributed by atoms with E-state index < -0.39 is 10.7 Å². The topological polar surface area (TPSA) is 68.1 Å². The summed E-state index contributed by atoms with van der Waals surface area (Å²) in [5, 5.41) is 13.7. The van der Waals surface area contributed by atoms with Gasteiger partial charge in [0, 0.05) is 24.0 Å². The van der Waals surface area contributed by atoms with E-state index in [1.54, 1.807) is 18.3 Å². The minimum Gasteiger partial charge on any atom is -0.378 e. The van der Waals surface area contributed by atoms with Crippen molar-refractivity contribution in [3.05, 3.63) is 64.2 Å². The average Bonchev–Trinajstić information content (AvgIpc) is 2.39. The fraction of sp³-hybridized carbons (Fsp3) is 0.154. The van der Waals surface area contributed by atoms with Gasteiger partial charge in [0.15, 0.2) is 0 Å². The summed E-state index contributed by atoms with van der Waals surface area (Å²) in [5.74, 6) is -0.394. The number of nitrogens with zero attached hydrogens (tertiary/aromatic N) is 2. The molecule has 0 aliphatic heterocycles. The summed E-state index contributed by atoms with van der Waals surface area (Å²) < 4.78 is 13.0. The van der Waals surface area contributed by atoms with Crippen LogP contribution < -0.4 is 5.32 Å². The van der Waals surface area contributed by atoms with E-state index in [4.69, 9.17) is 0 Å². The number of halogens is 1. The van der Waals surface area contributed by atoms with Crippen LogP contribution in [0, 0.1) is 15.9 Å². The zero-order chi connectivity index (χ0) is 13.8. The molecule has 98 valence electrons. The first-order chi connectivity index (χ1) is 9.06. The highest BCUT2D eigenvalue weighted by Gasteiger charge is 2.08. The molecule has 1 N–H and O–H groups in total. The highest BCUT2D eigenvalue weighted by atomic mass is 19.1. The van der Waals surface area contributed by atoms with Crippen molar-refractivity contribution in [1.29, 1.82) is 0 Å². The summed E-state index contributed by atoms with van der Waals surface area (Å²) in [4.78, 5) is 13.9. The number of non-ortho nitro benzene ring substituents is 1. The zero-order valence-corrected chi connectivity index (χ0v) is 10.2. The number of hydrogen-bond donors (Lipinski definition) is 1. The number of nitro groups is 1. The van der Waals surface area contributed by atoms with E-state index in [-0.39, 0.29) is 11.7 Å². The van der Waals surface area contributed by atoms with Crippen LogP contribution in [0.4, 0.5) is 15.8 Å². The Hall–Kier alpha value is -2.50. The second kappa shape index (κ2) is 5.43. The van der Waals surface area contributed by atoms with Crippen LogP contribution in [-0.2, 0) is 0 Å². The highest BCUT2D eigenvalue weighted by Crippen LogP contribution is 2.21. The second-order valence-electron chi connectivity index (χ2n) is 4.11. The second-order valence-corrected chi connectivity index (χ2v) is 4.11. The van der Waals surface area contributed by atoms with Crippen LogP contribution in [0.1, 0.15) is 18.5 Å². The Morgan fingerprint density at radius 3 is 2.58 bits per heavy atom. The Morgan fingerprint density at radius 2 is 2.00 bits per heavy atom. The lowest BCUT2D eigenvalue weighted by molar-refractivity contribution is -0.384. The van der Waals surface area contributed by atoms with E-state index in [1.165, 1.54) is 18.2 Å². The van der Waals surface area contributed by atoms with E-state index >= 15 is 0 Å². The minimum atomic E-state index is -0.455. The van der Waals surface area contributed by atoms with Crippen molar-refractivity contribution >= 4 is 11.4 Å². The first kappa shape index (κ1) is 12.9. The molecule has 0 aliphatic carbocycles. The van der Waals surface area contributed by atoms with Gasteiger partial charge in [-0.3, -0.25) is 15.1 Å². The molecule has 1 aromatic carbocycles. The molecule has 0 aliphatic rings. The molecule has 0 amide bonds. The SMILES string of the molecule is CC(Nc1ccc([N+](=O)[O-])cc1)c1cncc(F)c1. The van der Waals surface area contributed by atoms with Gasteiger partial charge in [-0.15, -0.1) is 0 Å². The standard InChI is InChI=1S/C13H12FN3O2/c1-9(10-6-11(14)8-15-7-10)16-12-2-4-13(5-3-12)17(18)19/h2-9,16H,1H3. The molecule has 19 heavy (non-hydrogen) atoms. The van der Waals surface area contributed by atoms with Gasteiger partial charge in [-0.25, -0.2) is 4.39 Å². The number of benzene rings is 1. The number of anilines is 1. The van der Waals surface area contributed by atoms with Crippen LogP contribution in [0.3, 0.4) is 0 Å². The van der Waals surface area contributed by atoms with Crippen molar-refractivity contribution in [1.82, 2.24) is 4.98 Å². The molecule has 2 rings (SSSR count). The molecule has 0 bridgehead atoms. The first-order valence-corrected chi connectivity index (χ1v) is 5.67. The van der Waals surface area contributed by atoms with E-state index in [9.17, 15) is 14.5 Å². The lowest BCUT2D eigenvalue weighted by atomic mass is 10.1. The lowest BCUT2D eigenvalue weighted by Gasteiger charge is -2.15. The smallest absolute Gasteiger partial charge is 0.269 e. The molecule has 0 radical (unpaired) electrons. The first-order valence-electron chi connectivity index (χ1n) is 5.67. The van der Waals surface area contributed by atoms with Gasteiger partial charge in [-0.2, -0.15) is 0 Å². The number of aromatic nitrogens is 1. The maximum absolute atomic E-state index is 13.0. The molecule has 0 saturated heterocycles. The van der Waals surface area contributed by atoms with Crippen LogP contribution >= 0.6 is 0 Å². The average molecular weight is 261 g/mol. The van der Waals surface area contributed by atoms with Crippen molar-refractivity contribution in [2.75, 3.05) is 5.32 Å². The van der Waals surface area contributed by atoms with Crippen LogP contribution in [0.25, 0.3) is 0 Å². The quantitative estimate of drug-likeness (QED) is 0.677. The third-order valence-electron chi connectivity index (χ3n) is 2.69. The van der Waals surface area contributed by atoms with Gasteiger partial charge < -0.3 is 5.32 Å². The maximum atomic E-state index is 13.0. The van der Waals surface area contributed by atoms with Gasteiger partial charge in [0.05, 0.1) is 17.2 Å². The summed E-state index contributed by atoms with van der Waals surface area (Å²) in [6, 6.07) is 7.31. The van der Waals surface area contributed by atoms with E-state index in [2.05, 4.69) is 10.3 Å². The fourth-order valence-electron chi connectivity index (χ4n) is 1.68. The van der Waals surface area contributed by atoms with Crippen molar-refractivity contribution < 1.29 is 9.31 Å². The Kier molecular flexibility index (Phi) is 3.70. The van der Waals surface area contributed by atoms with Gasteiger partial charge in [0.1, 0.15) is 5.82 Å². The van der Waals surface area contributed by atoms with Crippen LogP contribution in [0.5, 0.6) is 0 Å². The number of nitrogens with one attached hydrogen (secondary N) is 1. The molecule has 1 unspecified atom stereocenters. The summed E-state index contributed by atoms with van der Waals surface area (Å²) in [6.45, 7) is 1.86. The van der Waals surface area contributed by atoms with Gasteiger partial charge in [-0.05, 0) is 30.7 Å². The Balaban J connectivity index is 2.10. The highest BCUT2D eigenvalue weighted by molar-refractivity contribution is 5.49. The number of rotatable bonds is 4. The fourth-order valence-corrected chi connectivity index (χ4v) is 1.68.